The van der Waals surface area contributed by atoms with Crippen LogP contribution in [-0.2, 0) is 28.5 Å². The number of carbonyl (C=O) groups is 1. The zero-order chi connectivity index (χ0) is 20.7. The van der Waals surface area contributed by atoms with Gasteiger partial charge in [-0.05, 0) is 41.0 Å². The van der Waals surface area contributed by atoms with E-state index in [9.17, 15) is 9.90 Å². The fourth-order valence-corrected chi connectivity index (χ4v) is 3.96. The Morgan fingerprint density at radius 3 is 2.61 bits per heavy atom. The number of carbonyl (C=O) groups excluding carboxylic acids is 1. The number of hydrogen-bond acceptors (Lipinski definition) is 7. The smallest absolute Gasteiger partial charge is 0.311 e. The standard InChI is InChI=1S/C21H34O7/c1-7-8-12-24-16-15-17(27-20(5,6)26-15)28-21(16)13(22)10-9-11-14(21)25-18(23)19(2,3)4/h9-10,13-17,22H,7-8,11-12H2,1-6H3/t13-,14-,15+,16+,17-,21?/m0/s1. The van der Waals surface area contributed by atoms with Crippen molar-refractivity contribution in [3.05, 3.63) is 12.2 Å². The zero-order valence-electron chi connectivity index (χ0n) is 17.8. The van der Waals surface area contributed by atoms with Gasteiger partial charge in [0.25, 0.3) is 0 Å². The monoisotopic (exact) mass is 398 g/mol. The minimum atomic E-state index is -1.27. The average molecular weight is 398 g/mol. The molecule has 0 amide bonds. The molecule has 3 aliphatic rings. The molecular formula is C21H34O7. The molecule has 28 heavy (non-hydrogen) atoms. The lowest BCUT2D eigenvalue weighted by molar-refractivity contribution is -0.284. The molecule has 0 bridgehead atoms. The molecule has 1 spiro atoms. The number of unbranched alkanes of at least 4 members (excludes halogenated alkanes) is 1. The number of esters is 1. The van der Waals surface area contributed by atoms with E-state index in [0.29, 0.717) is 13.0 Å². The molecular weight excluding hydrogens is 364 g/mol. The fourth-order valence-electron chi connectivity index (χ4n) is 3.96. The maximum absolute atomic E-state index is 12.6. The van der Waals surface area contributed by atoms with E-state index in [1.165, 1.54) is 0 Å². The summed E-state index contributed by atoms with van der Waals surface area (Å²) in [4.78, 5) is 12.6. The van der Waals surface area contributed by atoms with Crippen molar-refractivity contribution in [3.63, 3.8) is 0 Å². The Morgan fingerprint density at radius 2 is 1.96 bits per heavy atom. The summed E-state index contributed by atoms with van der Waals surface area (Å²) in [6.07, 6.45) is 2.21. The topological polar surface area (TPSA) is 83.5 Å². The SMILES string of the molecule is CCCCO[C@@H]1[C@H]2OC(C)(C)O[C@H]2OC12[C@@H](OC(=O)C(C)(C)C)CC=C[C@@H]2O. The van der Waals surface area contributed by atoms with Gasteiger partial charge in [-0.25, -0.2) is 0 Å². The van der Waals surface area contributed by atoms with Gasteiger partial charge in [-0.1, -0.05) is 25.5 Å². The third kappa shape index (κ3) is 3.87. The number of aliphatic hydroxyl groups excluding tert-OH is 1. The molecule has 0 aromatic heterocycles. The average Bonchev–Trinajstić information content (AvgIpc) is 3.02. The molecule has 160 valence electrons. The fraction of sp³-hybridized carbons (Fsp3) is 0.857. The zero-order valence-corrected chi connectivity index (χ0v) is 17.8. The molecule has 0 aromatic rings. The maximum Gasteiger partial charge on any atom is 0.311 e. The molecule has 0 saturated carbocycles. The van der Waals surface area contributed by atoms with Gasteiger partial charge < -0.3 is 28.8 Å². The van der Waals surface area contributed by atoms with E-state index < -0.39 is 47.5 Å². The van der Waals surface area contributed by atoms with E-state index in [4.69, 9.17) is 23.7 Å². The third-order valence-corrected chi connectivity index (χ3v) is 5.44. The van der Waals surface area contributed by atoms with Crippen molar-refractivity contribution < 1.29 is 33.6 Å². The van der Waals surface area contributed by atoms with Crippen LogP contribution in [-0.4, -0.2) is 59.8 Å². The number of aliphatic hydroxyl groups is 1. The lowest BCUT2D eigenvalue weighted by Crippen LogP contribution is -2.63. The Morgan fingerprint density at radius 1 is 1.25 bits per heavy atom. The Labute approximate surface area is 167 Å². The van der Waals surface area contributed by atoms with Gasteiger partial charge in [0.2, 0.25) is 0 Å². The Balaban J connectivity index is 1.93. The normalized spacial score (nSPS) is 39.3. The lowest BCUT2D eigenvalue weighted by atomic mass is 9.78. The van der Waals surface area contributed by atoms with Crippen LogP contribution in [0, 0.1) is 5.41 Å². The third-order valence-electron chi connectivity index (χ3n) is 5.44. The van der Waals surface area contributed by atoms with Gasteiger partial charge in [-0.3, -0.25) is 4.79 Å². The highest BCUT2D eigenvalue weighted by Crippen LogP contribution is 2.49. The van der Waals surface area contributed by atoms with E-state index in [1.54, 1.807) is 26.8 Å². The lowest BCUT2D eigenvalue weighted by Gasteiger charge is -2.45. The van der Waals surface area contributed by atoms with Crippen LogP contribution in [0.2, 0.25) is 0 Å². The summed E-state index contributed by atoms with van der Waals surface area (Å²) in [6, 6.07) is 0. The minimum Gasteiger partial charge on any atom is -0.458 e. The summed E-state index contributed by atoms with van der Waals surface area (Å²) in [6.45, 7) is 11.6. The van der Waals surface area contributed by atoms with Crippen molar-refractivity contribution in [2.75, 3.05) is 6.61 Å². The summed E-state index contributed by atoms with van der Waals surface area (Å²) in [5, 5.41) is 11.0. The van der Waals surface area contributed by atoms with E-state index in [-0.39, 0.29) is 5.97 Å². The van der Waals surface area contributed by atoms with Gasteiger partial charge in [0, 0.05) is 13.0 Å². The Kier molecular flexibility index (Phi) is 5.96. The summed E-state index contributed by atoms with van der Waals surface area (Å²) >= 11 is 0. The van der Waals surface area contributed by atoms with Crippen LogP contribution in [0.4, 0.5) is 0 Å². The van der Waals surface area contributed by atoms with Gasteiger partial charge in [0.05, 0.1) is 5.41 Å². The van der Waals surface area contributed by atoms with Gasteiger partial charge in [-0.15, -0.1) is 0 Å². The summed E-state index contributed by atoms with van der Waals surface area (Å²) < 4.78 is 30.3. The number of fused-ring (bicyclic) bond motifs is 1. The predicted molar refractivity (Wildman–Crippen MR) is 101 cm³/mol. The molecule has 3 rings (SSSR count). The first-order valence-corrected chi connectivity index (χ1v) is 10.2. The van der Waals surface area contributed by atoms with Crippen LogP contribution in [0.5, 0.6) is 0 Å². The van der Waals surface area contributed by atoms with E-state index in [0.717, 1.165) is 12.8 Å². The second-order valence-electron chi connectivity index (χ2n) is 9.34. The molecule has 2 heterocycles. The second kappa shape index (κ2) is 7.69. The van der Waals surface area contributed by atoms with Crippen LogP contribution < -0.4 is 0 Å². The second-order valence-corrected chi connectivity index (χ2v) is 9.34. The quantitative estimate of drug-likeness (QED) is 0.433. The van der Waals surface area contributed by atoms with Gasteiger partial charge in [0.1, 0.15) is 24.4 Å². The molecule has 2 saturated heterocycles. The maximum atomic E-state index is 12.6. The van der Waals surface area contributed by atoms with Crippen LogP contribution in [0.25, 0.3) is 0 Å². The highest BCUT2D eigenvalue weighted by molar-refractivity contribution is 5.75. The van der Waals surface area contributed by atoms with E-state index >= 15 is 0 Å². The van der Waals surface area contributed by atoms with Crippen LogP contribution >= 0.6 is 0 Å². The minimum absolute atomic E-state index is 0.352. The molecule has 7 nitrogen and oxygen atoms in total. The predicted octanol–water partition coefficient (Wildman–Crippen LogP) is 2.70. The van der Waals surface area contributed by atoms with Crippen molar-refractivity contribution in [2.45, 2.75) is 103 Å². The molecule has 1 N–H and O–H groups in total. The first-order valence-electron chi connectivity index (χ1n) is 10.2. The van der Waals surface area contributed by atoms with Crippen LogP contribution in [0.15, 0.2) is 12.2 Å². The van der Waals surface area contributed by atoms with Crippen molar-refractivity contribution in [2.24, 2.45) is 5.41 Å². The van der Waals surface area contributed by atoms with E-state index in [2.05, 4.69) is 6.92 Å². The number of ether oxygens (including phenoxy) is 5. The summed E-state index contributed by atoms with van der Waals surface area (Å²) in [7, 11) is 0. The highest BCUT2D eigenvalue weighted by Gasteiger charge is 2.69. The summed E-state index contributed by atoms with van der Waals surface area (Å²) in [5.74, 6) is -1.16. The molecule has 7 heteroatoms. The first-order chi connectivity index (χ1) is 13.0. The largest absolute Gasteiger partial charge is 0.458 e. The van der Waals surface area contributed by atoms with Crippen molar-refractivity contribution in [1.82, 2.24) is 0 Å². The van der Waals surface area contributed by atoms with Crippen LogP contribution in [0.3, 0.4) is 0 Å². The molecule has 2 aliphatic heterocycles. The Bertz CT molecular complexity index is 608. The summed E-state index contributed by atoms with van der Waals surface area (Å²) in [5.41, 5.74) is -1.94. The molecule has 0 radical (unpaired) electrons. The van der Waals surface area contributed by atoms with Crippen LogP contribution in [0.1, 0.15) is 60.8 Å². The molecule has 0 aromatic carbocycles. The van der Waals surface area contributed by atoms with Crippen molar-refractivity contribution in [1.29, 1.82) is 0 Å². The first kappa shape index (κ1) is 21.7. The number of hydrogen-bond donors (Lipinski definition) is 1. The molecule has 1 aliphatic carbocycles. The molecule has 2 fully saturated rings. The van der Waals surface area contributed by atoms with Crippen molar-refractivity contribution in [3.8, 4) is 0 Å². The molecule has 6 atom stereocenters. The number of rotatable bonds is 5. The van der Waals surface area contributed by atoms with E-state index in [1.807, 2.05) is 19.9 Å². The van der Waals surface area contributed by atoms with Gasteiger partial charge in [-0.2, -0.15) is 0 Å². The van der Waals surface area contributed by atoms with Gasteiger partial charge in [0.15, 0.2) is 17.7 Å². The Hall–Kier alpha value is -0.990. The molecule has 1 unspecified atom stereocenters. The highest BCUT2D eigenvalue weighted by atomic mass is 16.8. The van der Waals surface area contributed by atoms with Gasteiger partial charge >= 0.3 is 5.97 Å². The van der Waals surface area contributed by atoms with Crippen molar-refractivity contribution >= 4 is 5.97 Å².